The lowest BCUT2D eigenvalue weighted by molar-refractivity contribution is -0.141. The highest BCUT2D eigenvalue weighted by Gasteiger charge is 2.35. The zero-order chi connectivity index (χ0) is 18.2. The Morgan fingerprint density at radius 3 is 2.44 bits per heavy atom. The number of alkyl halides is 3. The Balaban J connectivity index is 1.88. The van der Waals surface area contributed by atoms with Gasteiger partial charge < -0.3 is 4.90 Å². The van der Waals surface area contributed by atoms with Crippen molar-refractivity contribution in [3.63, 3.8) is 0 Å². The first-order valence-corrected chi connectivity index (χ1v) is 7.88. The molecule has 1 saturated heterocycles. The first kappa shape index (κ1) is 17.4. The second-order valence-electron chi connectivity index (χ2n) is 6.04. The maximum atomic E-state index is 13.1. The molecule has 1 fully saturated rings. The van der Waals surface area contributed by atoms with E-state index < -0.39 is 11.9 Å². The molecule has 0 saturated carbocycles. The molecule has 1 atom stereocenters. The number of rotatable bonds is 2. The number of amides is 1. The van der Waals surface area contributed by atoms with Gasteiger partial charge in [-0.15, -0.1) is 0 Å². The molecule has 3 rings (SSSR count). The highest BCUT2D eigenvalue weighted by atomic mass is 19.4. The number of halogens is 4. The molecular weight excluding hydrogens is 336 g/mol. The van der Waals surface area contributed by atoms with Crippen LogP contribution in [-0.4, -0.2) is 22.3 Å². The van der Waals surface area contributed by atoms with Gasteiger partial charge in [-0.2, -0.15) is 13.2 Å². The molecule has 0 aliphatic carbocycles. The van der Waals surface area contributed by atoms with Gasteiger partial charge >= 0.3 is 6.18 Å². The molecule has 0 spiro atoms. The summed E-state index contributed by atoms with van der Waals surface area (Å²) >= 11 is 0. The van der Waals surface area contributed by atoms with Crippen LogP contribution in [0, 0.1) is 12.7 Å². The van der Waals surface area contributed by atoms with Crippen LogP contribution >= 0.6 is 0 Å². The largest absolute Gasteiger partial charge is 0.433 e. The molecule has 1 aromatic carbocycles. The third kappa shape index (κ3) is 3.50. The van der Waals surface area contributed by atoms with E-state index in [2.05, 4.69) is 4.98 Å². The summed E-state index contributed by atoms with van der Waals surface area (Å²) in [6.07, 6.45) is -3.04. The number of aryl methyl sites for hydroxylation is 1. The minimum atomic E-state index is -4.55. The van der Waals surface area contributed by atoms with Crippen molar-refractivity contribution >= 4 is 5.91 Å². The van der Waals surface area contributed by atoms with Crippen LogP contribution in [0.1, 0.15) is 46.2 Å². The smallest absolute Gasteiger partial charge is 0.332 e. The van der Waals surface area contributed by atoms with Crippen LogP contribution in [0.2, 0.25) is 0 Å². The number of hydrogen-bond acceptors (Lipinski definition) is 2. The lowest BCUT2D eigenvalue weighted by Crippen LogP contribution is -2.31. The monoisotopic (exact) mass is 352 g/mol. The van der Waals surface area contributed by atoms with E-state index in [0.717, 1.165) is 24.5 Å². The van der Waals surface area contributed by atoms with Crippen LogP contribution < -0.4 is 0 Å². The molecule has 3 nitrogen and oxygen atoms in total. The van der Waals surface area contributed by atoms with Gasteiger partial charge in [0.05, 0.1) is 17.3 Å². The molecule has 1 amide bonds. The molecule has 132 valence electrons. The van der Waals surface area contributed by atoms with E-state index in [9.17, 15) is 22.4 Å². The maximum Gasteiger partial charge on any atom is 0.433 e. The Kier molecular flexibility index (Phi) is 4.49. The average Bonchev–Trinajstić information content (AvgIpc) is 3.03. The van der Waals surface area contributed by atoms with Crippen LogP contribution in [0.5, 0.6) is 0 Å². The molecule has 25 heavy (non-hydrogen) atoms. The van der Waals surface area contributed by atoms with E-state index in [1.165, 1.54) is 25.1 Å². The molecule has 0 bridgehead atoms. The topological polar surface area (TPSA) is 33.2 Å². The number of carbonyl (C=O) groups is 1. The van der Waals surface area contributed by atoms with Crippen molar-refractivity contribution in [3.8, 4) is 0 Å². The minimum Gasteiger partial charge on any atom is -0.332 e. The van der Waals surface area contributed by atoms with Gasteiger partial charge in [-0.1, -0.05) is 12.1 Å². The second-order valence-corrected chi connectivity index (χ2v) is 6.04. The molecule has 1 aromatic heterocycles. The van der Waals surface area contributed by atoms with Gasteiger partial charge in [0.1, 0.15) is 11.5 Å². The molecule has 1 aliphatic heterocycles. The van der Waals surface area contributed by atoms with Crippen molar-refractivity contribution in [1.82, 2.24) is 9.88 Å². The molecule has 2 heterocycles. The summed E-state index contributed by atoms with van der Waals surface area (Å²) in [5, 5.41) is 0. The third-order valence-electron chi connectivity index (χ3n) is 4.38. The Labute approximate surface area is 142 Å². The minimum absolute atomic E-state index is 0.0459. The zero-order valence-corrected chi connectivity index (χ0v) is 13.5. The first-order chi connectivity index (χ1) is 11.8. The van der Waals surface area contributed by atoms with Crippen molar-refractivity contribution in [3.05, 3.63) is 64.7 Å². The quantitative estimate of drug-likeness (QED) is 0.744. The van der Waals surface area contributed by atoms with Crippen molar-refractivity contribution in [1.29, 1.82) is 0 Å². The van der Waals surface area contributed by atoms with Gasteiger partial charge in [0.15, 0.2) is 0 Å². The Morgan fingerprint density at radius 2 is 1.84 bits per heavy atom. The zero-order valence-electron chi connectivity index (χ0n) is 13.5. The fraction of sp³-hybridized carbons (Fsp3) is 0.333. The predicted octanol–water partition coefficient (Wildman–Crippen LogP) is 4.53. The molecule has 1 unspecified atom stereocenters. The van der Waals surface area contributed by atoms with Gasteiger partial charge in [-0.05, 0) is 49.6 Å². The predicted molar refractivity (Wildman–Crippen MR) is 83.4 cm³/mol. The molecule has 1 aliphatic rings. The second kappa shape index (κ2) is 6.46. The summed E-state index contributed by atoms with van der Waals surface area (Å²) in [6, 6.07) is 7.71. The van der Waals surface area contributed by atoms with Crippen molar-refractivity contribution in [2.45, 2.75) is 32.0 Å². The van der Waals surface area contributed by atoms with Gasteiger partial charge in [-0.3, -0.25) is 4.79 Å². The number of hydrogen-bond donors (Lipinski definition) is 0. The normalized spacial score (nSPS) is 17.8. The summed E-state index contributed by atoms with van der Waals surface area (Å²) in [4.78, 5) is 17.9. The number of benzene rings is 1. The highest BCUT2D eigenvalue weighted by Crippen LogP contribution is 2.34. The fourth-order valence-corrected chi connectivity index (χ4v) is 3.14. The van der Waals surface area contributed by atoms with Crippen LogP contribution in [0.3, 0.4) is 0 Å². The van der Waals surface area contributed by atoms with E-state index in [-0.39, 0.29) is 29.0 Å². The lowest BCUT2D eigenvalue weighted by atomic mass is 10.0. The third-order valence-corrected chi connectivity index (χ3v) is 4.38. The molecule has 2 aromatic rings. The van der Waals surface area contributed by atoms with Crippen LogP contribution in [-0.2, 0) is 6.18 Å². The van der Waals surface area contributed by atoms with Crippen LogP contribution in [0.25, 0.3) is 0 Å². The number of nitrogens with zero attached hydrogens (tertiary/aromatic N) is 2. The first-order valence-electron chi connectivity index (χ1n) is 7.88. The van der Waals surface area contributed by atoms with Crippen molar-refractivity contribution in [2.75, 3.05) is 6.54 Å². The van der Waals surface area contributed by atoms with Gasteiger partial charge in [-0.25, -0.2) is 9.37 Å². The molecular formula is C18H16F4N2O. The van der Waals surface area contributed by atoms with Gasteiger partial charge in [0.25, 0.3) is 5.91 Å². The SMILES string of the molecule is Cc1nc(C(F)(F)F)ccc1C(=O)N1CCCC1c1ccc(F)cc1. The maximum absolute atomic E-state index is 13.1. The Bertz CT molecular complexity index is 787. The average molecular weight is 352 g/mol. The summed E-state index contributed by atoms with van der Waals surface area (Å²) in [5.74, 6) is -0.715. The Morgan fingerprint density at radius 1 is 1.16 bits per heavy atom. The lowest BCUT2D eigenvalue weighted by Gasteiger charge is -2.26. The fourth-order valence-electron chi connectivity index (χ4n) is 3.14. The van der Waals surface area contributed by atoms with Gasteiger partial charge in [0.2, 0.25) is 0 Å². The standard InChI is InChI=1S/C18H16F4N2O/c1-11-14(8-9-16(23-11)18(20,21)22)17(25)24-10-2-3-15(24)12-4-6-13(19)7-5-12/h4-9,15H,2-3,10H2,1H3. The van der Waals surface area contributed by atoms with E-state index >= 15 is 0 Å². The Hall–Kier alpha value is -2.44. The van der Waals surface area contributed by atoms with E-state index in [1.807, 2.05) is 0 Å². The number of aromatic nitrogens is 1. The van der Waals surface area contributed by atoms with E-state index in [1.54, 1.807) is 17.0 Å². The van der Waals surface area contributed by atoms with Gasteiger partial charge in [0, 0.05) is 6.54 Å². The number of carbonyl (C=O) groups excluding carboxylic acids is 1. The summed E-state index contributed by atoms with van der Waals surface area (Å²) in [6.45, 7) is 1.90. The highest BCUT2D eigenvalue weighted by molar-refractivity contribution is 5.95. The van der Waals surface area contributed by atoms with E-state index in [0.29, 0.717) is 6.54 Å². The molecule has 0 N–H and O–H groups in total. The van der Waals surface area contributed by atoms with Crippen molar-refractivity contribution < 1.29 is 22.4 Å². The van der Waals surface area contributed by atoms with E-state index in [4.69, 9.17) is 0 Å². The summed E-state index contributed by atoms with van der Waals surface area (Å²) in [7, 11) is 0. The number of likely N-dealkylation sites (tertiary alicyclic amines) is 1. The van der Waals surface area contributed by atoms with Crippen LogP contribution in [0.15, 0.2) is 36.4 Å². The number of pyridine rings is 1. The molecule has 0 radical (unpaired) electrons. The van der Waals surface area contributed by atoms with Crippen molar-refractivity contribution in [2.24, 2.45) is 0 Å². The summed E-state index contributed by atoms with van der Waals surface area (Å²) in [5.41, 5.74) is -0.00516. The summed E-state index contributed by atoms with van der Waals surface area (Å²) < 4.78 is 51.3. The molecule has 7 heteroatoms. The van der Waals surface area contributed by atoms with Crippen LogP contribution in [0.4, 0.5) is 17.6 Å².